The summed E-state index contributed by atoms with van der Waals surface area (Å²) in [7, 11) is 1.92. The molecule has 3 aromatic rings. The molecular weight excluding hydrogens is 373 g/mol. The summed E-state index contributed by atoms with van der Waals surface area (Å²) in [4.78, 5) is 4.52. The third kappa shape index (κ3) is 4.60. The van der Waals surface area contributed by atoms with E-state index in [0.29, 0.717) is 0 Å². The lowest BCUT2D eigenvalue weighted by atomic mass is 9.90. The fraction of sp³-hybridized carbons (Fsp3) is 0.192. The average Bonchev–Trinajstić information content (AvgIpc) is 2.73. The number of pyridine rings is 1. The quantitative estimate of drug-likeness (QED) is 0.439. The number of halogens is 1. The first-order valence-electron chi connectivity index (χ1n) is 10.00. The van der Waals surface area contributed by atoms with Gasteiger partial charge in [0.1, 0.15) is 11.6 Å². The number of hydrogen-bond donors (Lipinski definition) is 2. The summed E-state index contributed by atoms with van der Waals surface area (Å²) in [6.07, 6.45) is 7.57. The summed E-state index contributed by atoms with van der Waals surface area (Å²) >= 11 is 0. The standard InChI is InChI=1S/C26H28FN3/c1-6-7-8-20-10-12-23(25(28-5)19(20)4)26(22-13-11-21(27)15-18(22)3)30-24-14-9-17(2)16-29-24/h6-16,26,28H,1H2,2-5H3,(H,29,30)/b8-7-. The second kappa shape index (κ2) is 9.40. The van der Waals surface area contributed by atoms with Crippen molar-refractivity contribution >= 4 is 17.6 Å². The summed E-state index contributed by atoms with van der Waals surface area (Å²) in [6, 6.07) is 12.9. The van der Waals surface area contributed by atoms with Crippen LogP contribution in [0.4, 0.5) is 15.9 Å². The summed E-state index contributed by atoms with van der Waals surface area (Å²) in [5, 5.41) is 6.92. The zero-order chi connectivity index (χ0) is 21.7. The molecule has 1 unspecified atom stereocenters. The Morgan fingerprint density at radius 2 is 1.80 bits per heavy atom. The van der Waals surface area contributed by atoms with Gasteiger partial charge in [-0.2, -0.15) is 0 Å². The number of anilines is 2. The van der Waals surface area contributed by atoms with Gasteiger partial charge in [0.05, 0.1) is 6.04 Å². The highest BCUT2D eigenvalue weighted by molar-refractivity contribution is 5.70. The molecule has 0 spiro atoms. The molecule has 0 saturated heterocycles. The van der Waals surface area contributed by atoms with E-state index in [1.54, 1.807) is 12.1 Å². The first kappa shape index (κ1) is 21.3. The maximum Gasteiger partial charge on any atom is 0.126 e. The molecule has 154 valence electrons. The van der Waals surface area contributed by atoms with Crippen molar-refractivity contribution in [3.8, 4) is 0 Å². The van der Waals surface area contributed by atoms with Gasteiger partial charge in [-0.05, 0) is 66.8 Å². The summed E-state index contributed by atoms with van der Waals surface area (Å²) in [5.74, 6) is 0.531. The first-order chi connectivity index (χ1) is 14.4. The molecule has 0 aliphatic heterocycles. The van der Waals surface area contributed by atoms with Gasteiger partial charge in [-0.3, -0.25) is 0 Å². The molecule has 30 heavy (non-hydrogen) atoms. The summed E-state index contributed by atoms with van der Waals surface area (Å²) in [6.45, 7) is 9.79. The lowest BCUT2D eigenvalue weighted by Gasteiger charge is -2.26. The van der Waals surface area contributed by atoms with Crippen LogP contribution in [0.2, 0.25) is 0 Å². The maximum atomic E-state index is 13.8. The highest BCUT2D eigenvalue weighted by Gasteiger charge is 2.22. The second-order valence-electron chi connectivity index (χ2n) is 7.39. The summed E-state index contributed by atoms with van der Waals surface area (Å²) < 4.78 is 13.8. The van der Waals surface area contributed by atoms with E-state index >= 15 is 0 Å². The smallest absolute Gasteiger partial charge is 0.126 e. The van der Waals surface area contributed by atoms with Gasteiger partial charge in [0.2, 0.25) is 0 Å². The Bertz CT molecular complexity index is 1070. The Kier molecular flexibility index (Phi) is 6.68. The molecule has 1 aromatic heterocycles. The van der Waals surface area contributed by atoms with Crippen LogP contribution in [0, 0.1) is 26.6 Å². The lowest BCUT2D eigenvalue weighted by Crippen LogP contribution is -2.17. The van der Waals surface area contributed by atoms with Crippen LogP contribution in [0.1, 0.15) is 39.4 Å². The molecular formula is C26H28FN3. The minimum Gasteiger partial charge on any atom is -0.388 e. The Morgan fingerprint density at radius 3 is 2.43 bits per heavy atom. The molecule has 2 N–H and O–H groups in total. The molecule has 3 rings (SSSR count). The molecule has 0 aliphatic rings. The fourth-order valence-corrected chi connectivity index (χ4v) is 3.66. The number of nitrogens with one attached hydrogen (secondary N) is 2. The minimum absolute atomic E-state index is 0.195. The molecule has 0 aliphatic carbocycles. The second-order valence-corrected chi connectivity index (χ2v) is 7.39. The molecule has 1 atom stereocenters. The van der Waals surface area contributed by atoms with Crippen LogP contribution in [0.15, 0.2) is 67.4 Å². The van der Waals surface area contributed by atoms with Crippen molar-refractivity contribution in [3.63, 3.8) is 0 Å². The van der Waals surface area contributed by atoms with Crippen molar-refractivity contribution in [1.82, 2.24) is 4.98 Å². The summed E-state index contributed by atoms with van der Waals surface area (Å²) in [5.41, 5.74) is 7.35. The van der Waals surface area contributed by atoms with Gasteiger partial charge in [-0.15, -0.1) is 0 Å². The number of allylic oxidation sites excluding steroid dienone is 2. The van der Waals surface area contributed by atoms with Crippen LogP contribution in [0.5, 0.6) is 0 Å². The van der Waals surface area contributed by atoms with Crippen molar-refractivity contribution in [2.75, 3.05) is 17.7 Å². The van der Waals surface area contributed by atoms with Crippen LogP contribution in [-0.4, -0.2) is 12.0 Å². The third-order valence-electron chi connectivity index (χ3n) is 5.26. The van der Waals surface area contributed by atoms with Gasteiger partial charge in [0.25, 0.3) is 0 Å². The Hall–Kier alpha value is -3.40. The SMILES string of the molecule is C=C/C=C\c1ccc(C(Nc2ccc(C)cn2)c2ccc(F)cc2C)c(NC)c1C. The normalized spacial score (nSPS) is 12.0. The highest BCUT2D eigenvalue weighted by atomic mass is 19.1. The van der Waals surface area contributed by atoms with Crippen molar-refractivity contribution < 1.29 is 4.39 Å². The van der Waals surface area contributed by atoms with Crippen molar-refractivity contribution in [2.24, 2.45) is 0 Å². The minimum atomic E-state index is -0.238. The first-order valence-corrected chi connectivity index (χ1v) is 10.00. The number of aromatic nitrogens is 1. The average molecular weight is 402 g/mol. The topological polar surface area (TPSA) is 37.0 Å². The van der Waals surface area contributed by atoms with Gasteiger partial charge in [0, 0.05) is 24.5 Å². The number of aryl methyl sites for hydroxylation is 2. The zero-order valence-corrected chi connectivity index (χ0v) is 18.0. The van der Waals surface area contributed by atoms with Gasteiger partial charge in [-0.25, -0.2) is 9.37 Å². The van der Waals surface area contributed by atoms with Crippen LogP contribution in [-0.2, 0) is 0 Å². The predicted octanol–water partition coefficient (Wildman–Crippen LogP) is 6.59. The zero-order valence-electron chi connectivity index (χ0n) is 18.0. The predicted molar refractivity (Wildman–Crippen MR) is 126 cm³/mol. The van der Waals surface area contributed by atoms with Crippen LogP contribution in [0.25, 0.3) is 6.08 Å². The Balaban J connectivity index is 2.16. The molecule has 0 bridgehead atoms. The molecule has 0 amide bonds. The van der Waals surface area contributed by atoms with E-state index in [1.165, 1.54) is 6.07 Å². The Morgan fingerprint density at radius 1 is 1.03 bits per heavy atom. The van der Waals surface area contributed by atoms with Gasteiger partial charge >= 0.3 is 0 Å². The monoisotopic (exact) mass is 401 g/mol. The van der Waals surface area contributed by atoms with Crippen LogP contribution >= 0.6 is 0 Å². The molecule has 0 saturated carbocycles. The van der Waals surface area contributed by atoms with E-state index in [2.05, 4.69) is 41.3 Å². The number of benzene rings is 2. The van der Waals surface area contributed by atoms with E-state index in [4.69, 9.17) is 0 Å². The Labute approximate surface area is 178 Å². The van der Waals surface area contributed by atoms with Crippen LogP contribution in [0.3, 0.4) is 0 Å². The molecule has 1 heterocycles. The van der Waals surface area contributed by atoms with E-state index in [-0.39, 0.29) is 11.9 Å². The molecule has 0 radical (unpaired) electrons. The number of nitrogens with zero attached hydrogens (tertiary/aromatic N) is 1. The molecule has 3 nitrogen and oxygen atoms in total. The fourth-order valence-electron chi connectivity index (χ4n) is 3.66. The van der Waals surface area contributed by atoms with Gasteiger partial charge in [-0.1, -0.05) is 49.1 Å². The molecule has 2 aromatic carbocycles. The van der Waals surface area contributed by atoms with Crippen molar-refractivity contribution in [1.29, 1.82) is 0 Å². The highest BCUT2D eigenvalue weighted by Crippen LogP contribution is 2.36. The van der Waals surface area contributed by atoms with E-state index in [1.807, 2.05) is 57.4 Å². The lowest BCUT2D eigenvalue weighted by molar-refractivity contribution is 0.625. The molecule has 0 fully saturated rings. The van der Waals surface area contributed by atoms with Crippen molar-refractivity contribution in [2.45, 2.75) is 26.8 Å². The van der Waals surface area contributed by atoms with E-state index in [0.717, 1.165) is 44.9 Å². The maximum absolute atomic E-state index is 13.8. The number of rotatable bonds is 7. The van der Waals surface area contributed by atoms with E-state index < -0.39 is 0 Å². The van der Waals surface area contributed by atoms with Crippen molar-refractivity contribution in [3.05, 3.63) is 107 Å². The van der Waals surface area contributed by atoms with Crippen LogP contribution < -0.4 is 10.6 Å². The molecule has 4 heteroatoms. The van der Waals surface area contributed by atoms with E-state index in [9.17, 15) is 4.39 Å². The number of hydrogen-bond acceptors (Lipinski definition) is 3. The third-order valence-corrected chi connectivity index (χ3v) is 5.26. The largest absolute Gasteiger partial charge is 0.388 e. The van der Waals surface area contributed by atoms with Gasteiger partial charge in [0.15, 0.2) is 0 Å². The van der Waals surface area contributed by atoms with Gasteiger partial charge < -0.3 is 10.6 Å².